The predicted octanol–water partition coefficient (Wildman–Crippen LogP) is -0.187. The van der Waals surface area contributed by atoms with E-state index in [0.29, 0.717) is 12.8 Å². The molecule has 1 aliphatic rings. The fourth-order valence-corrected chi connectivity index (χ4v) is 1.25. The molecule has 0 saturated heterocycles. The summed E-state index contributed by atoms with van der Waals surface area (Å²) < 4.78 is 8.78. The van der Waals surface area contributed by atoms with Gasteiger partial charge in [0.05, 0.1) is 0 Å². The van der Waals surface area contributed by atoms with Crippen molar-refractivity contribution in [1.82, 2.24) is 0 Å². The Labute approximate surface area is 86.2 Å². The van der Waals surface area contributed by atoms with E-state index in [2.05, 4.69) is 9.47 Å². The molecule has 0 aromatic heterocycles. The third kappa shape index (κ3) is 3.32. The molecule has 0 aliphatic heterocycles. The minimum Gasteiger partial charge on any atom is -0.481 e. The summed E-state index contributed by atoms with van der Waals surface area (Å²) in [6.07, 6.45) is 1.37. The van der Waals surface area contributed by atoms with Crippen LogP contribution in [0.4, 0.5) is 0 Å². The fourth-order valence-electron chi connectivity index (χ4n) is 1.25. The van der Waals surface area contributed by atoms with Gasteiger partial charge in [-0.05, 0) is 18.8 Å². The maximum absolute atomic E-state index is 11.3. The molecule has 1 saturated carbocycles. The second-order valence-corrected chi connectivity index (χ2v) is 3.38. The molecular weight excluding hydrogens is 204 g/mol. The van der Waals surface area contributed by atoms with Crippen LogP contribution in [0.2, 0.25) is 0 Å². The van der Waals surface area contributed by atoms with Crippen molar-refractivity contribution < 1.29 is 29.0 Å². The summed E-state index contributed by atoms with van der Waals surface area (Å²) in [6.45, 7) is -0.358. The molecule has 0 spiro atoms. The van der Waals surface area contributed by atoms with E-state index in [4.69, 9.17) is 5.11 Å². The highest BCUT2D eigenvalue weighted by atomic mass is 16.6. The van der Waals surface area contributed by atoms with Crippen LogP contribution in [-0.2, 0) is 23.9 Å². The molecule has 0 aromatic carbocycles. The van der Waals surface area contributed by atoms with Crippen LogP contribution < -0.4 is 0 Å². The highest BCUT2D eigenvalue weighted by molar-refractivity contribution is 5.99. The standard InChI is InChI=1S/C9H12O6/c1-14-4-6(10)15-9(13)7(8(11)12)5-2-3-5/h5,7H,2-4H2,1H3,(H,11,12). The summed E-state index contributed by atoms with van der Waals surface area (Å²) in [5, 5.41) is 8.75. The molecule has 0 bridgehead atoms. The van der Waals surface area contributed by atoms with E-state index in [-0.39, 0.29) is 12.5 Å². The summed E-state index contributed by atoms with van der Waals surface area (Å²) in [5.41, 5.74) is 0. The highest BCUT2D eigenvalue weighted by Gasteiger charge is 2.43. The number of aliphatic carboxylic acids is 1. The molecule has 0 radical (unpaired) electrons. The van der Waals surface area contributed by atoms with Gasteiger partial charge in [0.15, 0.2) is 5.92 Å². The van der Waals surface area contributed by atoms with Gasteiger partial charge in [-0.25, -0.2) is 4.79 Å². The molecule has 1 atom stereocenters. The quantitative estimate of drug-likeness (QED) is 0.506. The molecule has 1 N–H and O–H groups in total. The van der Waals surface area contributed by atoms with Crippen LogP contribution in [0.1, 0.15) is 12.8 Å². The van der Waals surface area contributed by atoms with E-state index in [0.717, 1.165) is 0 Å². The lowest BCUT2D eigenvalue weighted by atomic mass is 10.1. The Morgan fingerprint density at radius 2 is 2.00 bits per heavy atom. The summed E-state index contributed by atoms with van der Waals surface area (Å²) >= 11 is 0. The zero-order chi connectivity index (χ0) is 11.4. The first-order valence-corrected chi connectivity index (χ1v) is 4.52. The van der Waals surface area contributed by atoms with Gasteiger partial charge in [-0.2, -0.15) is 0 Å². The van der Waals surface area contributed by atoms with Crippen molar-refractivity contribution in [2.45, 2.75) is 12.8 Å². The van der Waals surface area contributed by atoms with Crippen LogP contribution in [-0.4, -0.2) is 36.7 Å². The Kier molecular flexibility index (Phi) is 3.79. The summed E-state index contributed by atoms with van der Waals surface area (Å²) in [6, 6.07) is 0. The maximum atomic E-state index is 11.3. The van der Waals surface area contributed by atoms with Crippen molar-refractivity contribution in [2.75, 3.05) is 13.7 Å². The second kappa shape index (κ2) is 4.88. The SMILES string of the molecule is COCC(=O)OC(=O)C(C(=O)O)C1CC1. The highest BCUT2D eigenvalue weighted by Crippen LogP contribution is 2.37. The Morgan fingerprint density at radius 3 is 2.40 bits per heavy atom. The summed E-state index contributed by atoms with van der Waals surface area (Å²) in [7, 11) is 1.28. The number of esters is 2. The lowest BCUT2D eigenvalue weighted by Crippen LogP contribution is -2.30. The van der Waals surface area contributed by atoms with Gasteiger partial charge in [0.1, 0.15) is 6.61 Å². The van der Waals surface area contributed by atoms with Crippen LogP contribution in [0.15, 0.2) is 0 Å². The lowest BCUT2D eigenvalue weighted by molar-refractivity contribution is -0.169. The zero-order valence-corrected chi connectivity index (χ0v) is 8.26. The van der Waals surface area contributed by atoms with Crippen molar-refractivity contribution in [1.29, 1.82) is 0 Å². The molecule has 84 valence electrons. The van der Waals surface area contributed by atoms with Crippen molar-refractivity contribution in [3.63, 3.8) is 0 Å². The van der Waals surface area contributed by atoms with Crippen LogP contribution >= 0.6 is 0 Å². The van der Waals surface area contributed by atoms with Crippen molar-refractivity contribution in [3.05, 3.63) is 0 Å². The monoisotopic (exact) mass is 216 g/mol. The molecular formula is C9H12O6. The topological polar surface area (TPSA) is 89.9 Å². The molecule has 6 heteroatoms. The van der Waals surface area contributed by atoms with E-state index in [1.165, 1.54) is 7.11 Å². The second-order valence-electron chi connectivity index (χ2n) is 3.38. The first-order chi connectivity index (χ1) is 7.06. The molecule has 1 fully saturated rings. The zero-order valence-electron chi connectivity index (χ0n) is 8.26. The molecule has 1 unspecified atom stereocenters. The van der Waals surface area contributed by atoms with Crippen molar-refractivity contribution in [3.8, 4) is 0 Å². The Hall–Kier alpha value is -1.43. The molecule has 0 aromatic rings. The molecule has 6 nitrogen and oxygen atoms in total. The predicted molar refractivity (Wildman–Crippen MR) is 46.8 cm³/mol. The molecule has 1 rings (SSSR count). The summed E-state index contributed by atoms with van der Waals surface area (Å²) in [5.74, 6) is -4.51. The number of carboxylic acid groups (broad SMARTS) is 1. The van der Waals surface area contributed by atoms with Gasteiger partial charge >= 0.3 is 17.9 Å². The minimum absolute atomic E-state index is 0.189. The van der Waals surface area contributed by atoms with E-state index in [9.17, 15) is 14.4 Å². The maximum Gasteiger partial charge on any atom is 0.339 e. The number of methoxy groups -OCH3 is 1. The van der Waals surface area contributed by atoms with Gasteiger partial charge in [0.2, 0.25) is 0 Å². The summed E-state index contributed by atoms with van der Waals surface area (Å²) in [4.78, 5) is 32.9. The van der Waals surface area contributed by atoms with Gasteiger partial charge in [-0.1, -0.05) is 0 Å². The van der Waals surface area contributed by atoms with E-state index < -0.39 is 23.8 Å². The first-order valence-electron chi connectivity index (χ1n) is 4.52. The van der Waals surface area contributed by atoms with Crippen molar-refractivity contribution in [2.24, 2.45) is 11.8 Å². The number of rotatable bonds is 5. The average molecular weight is 216 g/mol. The Bertz CT molecular complexity index is 280. The number of hydrogen-bond donors (Lipinski definition) is 1. The number of carbonyl (C=O) groups is 3. The molecule has 0 amide bonds. The number of carbonyl (C=O) groups excluding carboxylic acids is 2. The van der Waals surface area contributed by atoms with Gasteiger partial charge in [0, 0.05) is 7.11 Å². The Morgan fingerprint density at radius 1 is 1.40 bits per heavy atom. The third-order valence-electron chi connectivity index (χ3n) is 2.09. The first kappa shape index (κ1) is 11.6. The molecule has 1 aliphatic carbocycles. The molecule has 0 heterocycles. The van der Waals surface area contributed by atoms with Crippen LogP contribution in [0.5, 0.6) is 0 Å². The largest absolute Gasteiger partial charge is 0.481 e. The van der Waals surface area contributed by atoms with Crippen LogP contribution in [0.3, 0.4) is 0 Å². The third-order valence-corrected chi connectivity index (χ3v) is 2.09. The van der Waals surface area contributed by atoms with Crippen molar-refractivity contribution >= 4 is 17.9 Å². The van der Waals surface area contributed by atoms with Gasteiger partial charge < -0.3 is 14.6 Å². The minimum atomic E-state index is -1.24. The number of hydrogen-bond acceptors (Lipinski definition) is 5. The number of carboxylic acids is 1. The number of ether oxygens (including phenoxy) is 2. The lowest BCUT2D eigenvalue weighted by Gasteiger charge is -2.08. The van der Waals surface area contributed by atoms with Crippen LogP contribution in [0, 0.1) is 11.8 Å². The van der Waals surface area contributed by atoms with Crippen LogP contribution in [0.25, 0.3) is 0 Å². The average Bonchev–Trinajstić information content (AvgIpc) is 2.87. The fraction of sp³-hybridized carbons (Fsp3) is 0.667. The smallest absolute Gasteiger partial charge is 0.339 e. The van der Waals surface area contributed by atoms with Gasteiger partial charge in [0.25, 0.3) is 0 Å². The normalized spacial score (nSPS) is 16.9. The van der Waals surface area contributed by atoms with Gasteiger partial charge in [-0.3, -0.25) is 9.59 Å². The van der Waals surface area contributed by atoms with E-state index in [1.807, 2.05) is 0 Å². The molecule has 15 heavy (non-hydrogen) atoms. The van der Waals surface area contributed by atoms with E-state index in [1.54, 1.807) is 0 Å². The Balaban J connectivity index is 2.49. The van der Waals surface area contributed by atoms with Gasteiger partial charge in [-0.15, -0.1) is 0 Å². The van der Waals surface area contributed by atoms with E-state index >= 15 is 0 Å².